The van der Waals surface area contributed by atoms with E-state index in [9.17, 15) is 0 Å². The predicted octanol–water partition coefficient (Wildman–Crippen LogP) is 1.92. The van der Waals surface area contributed by atoms with Gasteiger partial charge in [0, 0.05) is 5.02 Å². The number of nitrogen functional groups attached to an aromatic ring is 1. The van der Waals surface area contributed by atoms with Gasteiger partial charge in [-0.15, -0.1) is 22.3 Å². The standard InChI is InChI=1S/C8H7ClN4.ClH/c9-6-1-3-7(4-2-6)13-11-5-8(10)12-13;/h1-5H,(H2,10,12);1H. The average Bonchev–Trinajstić information content (AvgIpc) is 2.53. The molecule has 0 bridgehead atoms. The van der Waals surface area contributed by atoms with Crippen molar-refractivity contribution in [3.05, 3.63) is 35.5 Å². The van der Waals surface area contributed by atoms with Gasteiger partial charge in [-0.1, -0.05) is 11.6 Å². The Morgan fingerprint density at radius 3 is 2.36 bits per heavy atom. The second kappa shape index (κ2) is 4.30. The Kier molecular flexibility index (Phi) is 3.33. The third-order valence-electron chi connectivity index (χ3n) is 1.57. The highest BCUT2D eigenvalue weighted by Gasteiger charge is 1.98. The van der Waals surface area contributed by atoms with Crippen LogP contribution in [0.15, 0.2) is 30.5 Å². The molecule has 1 aromatic heterocycles. The monoisotopic (exact) mass is 230 g/mol. The van der Waals surface area contributed by atoms with Crippen LogP contribution < -0.4 is 5.73 Å². The summed E-state index contributed by atoms with van der Waals surface area (Å²) in [5, 5.41) is 8.59. The number of aromatic nitrogens is 3. The summed E-state index contributed by atoms with van der Waals surface area (Å²) in [6.45, 7) is 0. The first-order chi connectivity index (χ1) is 6.25. The molecule has 1 heterocycles. The lowest BCUT2D eigenvalue weighted by Crippen LogP contribution is -1.98. The lowest BCUT2D eigenvalue weighted by atomic mass is 10.3. The van der Waals surface area contributed by atoms with Crippen molar-refractivity contribution >= 4 is 29.8 Å². The maximum atomic E-state index is 5.73. The van der Waals surface area contributed by atoms with Crippen molar-refractivity contribution in [3.63, 3.8) is 0 Å². The molecule has 0 unspecified atom stereocenters. The summed E-state index contributed by atoms with van der Waals surface area (Å²) in [6, 6.07) is 7.19. The first-order valence-corrected chi connectivity index (χ1v) is 4.07. The Morgan fingerprint density at radius 2 is 1.86 bits per heavy atom. The molecule has 0 aliphatic rings. The van der Waals surface area contributed by atoms with Gasteiger partial charge in [-0.05, 0) is 24.3 Å². The molecule has 0 saturated heterocycles. The van der Waals surface area contributed by atoms with Gasteiger partial charge in [0.2, 0.25) is 0 Å². The number of hydrogen-bond acceptors (Lipinski definition) is 3. The Bertz CT molecular complexity index is 410. The zero-order chi connectivity index (χ0) is 9.26. The number of halogens is 2. The second-order valence-corrected chi connectivity index (χ2v) is 2.97. The molecule has 6 heteroatoms. The molecule has 1 aromatic carbocycles. The van der Waals surface area contributed by atoms with Crippen molar-refractivity contribution in [2.45, 2.75) is 0 Å². The van der Waals surface area contributed by atoms with Crippen LogP contribution >= 0.6 is 24.0 Å². The van der Waals surface area contributed by atoms with Crippen molar-refractivity contribution < 1.29 is 0 Å². The molecule has 0 saturated carbocycles. The number of benzene rings is 1. The molecule has 2 aromatic rings. The number of rotatable bonds is 1. The van der Waals surface area contributed by atoms with Crippen LogP contribution in [0.1, 0.15) is 0 Å². The summed E-state index contributed by atoms with van der Waals surface area (Å²) in [6.07, 6.45) is 1.49. The van der Waals surface area contributed by atoms with Crippen LogP contribution in [0.5, 0.6) is 0 Å². The van der Waals surface area contributed by atoms with E-state index in [2.05, 4.69) is 10.2 Å². The molecule has 0 spiro atoms. The molecule has 14 heavy (non-hydrogen) atoms. The van der Waals surface area contributed by atoms with E-state index in [1.807, 2.05) is 12.1 Å². The summed E-state index contributed by atoms with van der Waals surface area (Å²) in [5.74, 6) is 0.398. The third kappa shape index (κ3) is 2.16. The Balaban J connectivity index is 0.000000980. The van der Waals surface area contributed by atoms with Gasteiger partial charge < -0.3 is 5.73 Å². The van der Waals surface area contributed by atoms with Crippen LogP contribution in [-0.2, 0) is 0 Å². The fourth-order valence-corrected chi connectivity index (χ4v) is 1.10. The molecule has 0 fully saturated rings. The van der Waals surface area contributed by atoms with E-state index in [1.54, 1.807) is 12.1 Å². The Labute approximate surface area is 92.1 Å². The van der Waals surface area contributed by atoms with E-state index < -0.39 is 0 Å². The second-order valence-electron chi connectivity index (χ2n) is 2.54. The Hall–Kier alpha value is -1.26. The van der Waals surface area contributed by atoms with Crippen LogP contribution in [0, 0.1) is 0 Å². The average molecular weight is 231 g/mol. The fourth-order valence-electron chi connectivity index (χ4n) is 0.974. The minimum atomic E-state index is 0. The van der Waals surface area contributed by atoms with E-state index in [0.29, 0.717) is 10.8 Å². The zero-order valence-electron chi connectivity index (χ0n) is 7.09. The molecule has 4 nitrogen and oxygen atoms in total. The maximum Gasteiger partial charge on any atom is 0.166 e. The highest BCUT2D eigenvalue weighted by Crippen LogP contribution is 2.11. The third-order valence-corrected chi connectivity index (χ3v) is 1.82. The summed E-state index contributed by atoms with van der Waals surface area (Å²) in [5.41, 5.74) is 6.26. The first kappa shape index (κ1) is 10.8. The molecule has 0 atom stereocenters. The van der Waals surface area contributed by atoms with Crippen molar-refractivity contribution in [1.29, 1.82) is 0 Å². The van der Waals surface area contributed by atoms with E-state index >= 15 is 0 Å². The van der Waals surface area contributed by atoms with Crippen LogP contribution in [0.25, 0.3) is 5.69 Å². The van der Waals surface area contributed by atoms with E-state index in [1.165, 1.54) is 11.0 Å². The highest BCUT2D eigenvalue weighted by atomic mass is 35.5. The van der Waals surface area contributed by atoms with Gasteiger partial charge in [0.1, 0.15) is 0 Å². The van der Waals surface area contributed by atoms with Crippen LogP contribution in [0.3, 0.4) is 0 Å². The molecule has 0 aliphatic heterocycles. The van der Waals surface area contributed by atoms with Gasteiger partial charge in [0.25, 0.3) is 0 Å². The number of anilines is 1. The molecule has 0 aliphatic carbocycles. The van der Waals surface area contributed by atoms with Crippen LogP contribution in [0.2, 0.25) is 5.02 Å². The predicted molar refractivity (Wildman–Crippen MR) is 58.0 cm³/mol. The molecule has 2 rings (SSSR count). The molecule has 2 N–H and O–H groups in total. The largest absolute Gasteiger partial charge is 0.381 e. The van der Waals surface area contributed by atoms with Crippen molar-refractivity contribution in [3.8, 4) is 5.69 Å². The van der Waals surface area contributed by atoms with Gasteiger partial charge in [-0.25, -0.2) is 0 Å². The SMILES string of the molecule is Cl.Nc1cnn(-c2ccc(Cl)cc2)n1. The maximum absolute atomic E-state index is 5.73. The molecule has 74 valence electrons. The summed E-state index contributed by atoms with van der Waals surface area (Å²) in [7, 11) is 0. The van der Waals surface area contributed by atoms with Crippen LogP contribution in [0.4, 0.5) is 5.82 Å². The van der Waals surface area contributed by atoms with Gasteiger partial charge >= 0.3 is 0 Å². The van der Waals surface area contributed by atoms with Gasteiger partial charge in [0.05, 0.1) is 11.9 Å². The molecular formula is C8H8Cl2N4. The van der Waals surface area contributed by atoms with Gasteiger partial charge in [-0.3, -0.25) is 0 Å². The normalized spacial score (nSPS) is 9.50. The first-order valence-electron chi connectivity index (χ1n) is 3.69. The summed E-state index contributed by atoms with van der Waals surface area (Å²) in [4.78, 5) is 1.45. The molecular weight excluding hydrogens is 223 g/mol. The van der Waals surface area contributed by atoms with Crippen molar-refractivity contribution in [1.82, 2.24) is 15.0 Å². The Morgan fingerprint density at radius 1 is 1.21 bits per heavy atom. The van der Waals surface area contributed by atoms with Crippen molar-refractivity contribution in [2.24, 2.45) is 0 Å². The summed E-state index contributed by atoms with van der Waals surface area (Å²) >= 11 is 5.73. The number of hydrogen-bond donors (Lipinski definition) is 1. The van der Waals surface area contributed by atoms with Crippen molar-refractivity contribution in [2.75, 3.05) is 5.73 Å². The van der Waals surface area contributed by atoms with E-state index in [0.717, 1.165) is 5.69 Å². The lowest BCUT2D eigenvalue weighted by Gasteiger charge is -1.97. The minimum absolute atomic E-state index is 0. The van der Waals surface area contributed by atoms with E-state index in [-0.39, 0.29) is 12.4 Å². The lowest BCUT2D eigenvalue weighted by molar-refractivity contribution is 0.754. The van der Waals surface area contributed by atoms with Crippen LogP contribution in [-0.4, -0.2) is 15.0 Å². The minimum Gasteiger partial charge on any atom is -0.381 e. The topological polar surface area (TPSA) is 56.7 Å². The van der Waals surface area contributed by atoms with Gasteiger partial charge in [0.15, 0.2) is 5.82 Å². The highest BCUT2D eigenvalue weighted by molar-refractivity contribution is 6.30. The fraction of sp³-hybridized carbons (Fsp3) is 0. The zero-order valence-corrected chi connectivity index (χ0v) is 8.66. The quantitative estimate of drug-likeness (QED) is 0.815. The number of nitrogens with two attached hydrogens (primary N) is 1. The molecule has 0 radical (unpaired) electrons. The molecule has 0 amide bonds. The van der Waals surface area contributed by atoms with E-state index in [4.69, 9.17) is 17.3 Å². The summed E-state index contributed by atoms with van der Waals surface area (Å²) < 4.78 is 0. The van der Waals surface area contributed by atoms with Gasteiger partial charge in [-0.2, -0.15) is 5.10 Å². The smallest absolute Gasteiger partial charge is 0.166 e. The number of nitrogens with zero attached hydrogens (tertiary/aromatic N) is 3.